The second kappa shape index (κ2) is 8.56. The predicted octanol–water partition coefficient (Wildman–Crippen LogP) is 3.60. The van der Waals surface area contributed by atoms with E-state index in [4.69, 9.17) is 0 Å². The largest absolute Gasteiger partial charge is 0.391 e. The van der Waals surface area contributed by atoms with Crippen LogP contribution in [0.1, 0.15) is 59.8 Å². The van der Waals surface area contributed by atoms with Gasteiger partial charge in [-0.05, 0) is 55.5 Å². The summed E-state index contributed by atoms with van der Waals surface area (Å²) < 4.78 is 0. The summed E-state index contributed by atoms with van der Waals surface area (Å²) in [5.41, 5.74) is 4.63. The topological polar surface area (TPSA) is 86.6 Å². The lowest BCUT2D eigenvalue weighted by atomic mass is 9.89. The van der Waals surface area contributed by atoms with Crippen molar-refractivity contribution in [3.05, 3.63) is 65.1 Å². The van der Waals surface area contributed by atoms with E-state index in [2.05, 4.69) is 9.97 Å². The maximum absolute atomic E-state index is 13.8. The molecule has 2 amide bonds. The van der Waals surface area contributed by atoms with Crippen molar-refractivity contribution < 1.29 is 14.7 Å². The zero-order valence-corrected chi connectivity index (χ0v) is 19.0. The molecule has 1 aromatic carbocycles. The third kappa shape index (κ3) is 3.86. The van der Waals surface area contributed by atoms with Crippen LogP contribution in [0.25, 0.3) is 10.9 Å². The lowest BCUT2D eigenvalue weighted by molar-refractivity contribution is -0.117. The molecule has 1 fully saturated rings. The molecule has 2 aromatic heterocycles. The lowest BCUT2D eigenvalue weighted by Gasteiger charge is -2.44. The van der Waals surface area contributed by atoms with E-state index in [9.17, 15) is 14.7 Å². The summed E-state index contributed by atoms with van der Waals surface area (Å²) in [7, 11) is 0. The lowest BCUT2D eigenvalue weighted by Crippen LogP contribution is -2.56. The first-order valence-corrected chi connectivity index (χ1v) is 11.5. The van der Waals surface area contributed by atoms with Crippen LogP contribution in [0.4, 0.5) is 5.69 Å². The van der Waals surface area contributed by atoms with Gasteiger partial charge in [0, 0.05) is 30.4 Å². The number of amides is 2. The summed E-state index contributed by atoms with van der Waals surface area (Å²) in [5, 5.41) is 11.6. The number of hydrogen-bond donors (Lipinski definition) is 1. The fraction of sp³-hybridized carbons (Fsp3) is 0.385. The van der Waals surface area contributed by atoms with E-state index in [1.165, 1.54) is 6.92 Å². The number of carbonyl (C=O) groups excluding carboxylic acids is 2. The highest BCUT2D eigenvalue weighted by Crippen LogP contribution is 2.38. The van der Waals surface area contributed by atoms with Gasteiger partial charge >= 0.3 is 0 Å². The number of carbonyl (C=O) groups is 2. The molecule has 1 N–H and O–H groups in total. The number of pyridine rings is 2. The molecule has 0 spiro atoms. The van der Waals surface area contributed by atoms with Crippen LogP contribution < -0.4 is 4.90 Å². The first-order valence-electron chi connectivity index (χ1n) is 11.5. The second-order valence-corrected chi connectivity index (χ2v) is 9.10. The Hall–Kier alpha value is -3.32. The summed E-state index contributed by atoms with van der Waals surface area (Å²) in [5.74, 6) is -0.300. The van der Waals surface area contributed by atoms with Gasteiger partial charge in [0.25, 0.3) is 5.91 Å². The highest BCUT2D eigenvalue weighted by molar-refractivity contribution is 6.14. The maximum Gasteiger partial charge on any atom is 0.257 e. The summed E-state index contributed by atoms with van der Waals surface area (Å²) >= 11 is 0. The van der Waals surface area contributed by atoms with Gasteiger partial charge < -0.3 is 10.0 Å². The minimum atomic E-state index is -0.574. The van der Waals surface area contributed by atoms with E-state index >= 15 is 0 Å². The van der Waals surface area contributed by atoms with Gasteiger partial charge in [0.1, 0.15) is 6.67 Å². The number of nitrogens with zero attached hydrogens (tertiary/aromatic N) is 4. The van der Waals surface area contributed by atoms with E-state index in [0.717, 1.165) is 41.5 Å². The van der Waals surface area contributed by atoms with Crippen LogP contribution in [-0.2, 0) is 11.2 Å². The molecule has 3 heterocycles. The third-order valence-corrected chi connectivity index (χ3v) is 6.85. The van der Waals surface area contributed by atoms with Gasteiger partial charge in [0.05, 0.1) is 28.9 Å². The highest BCUT2D eigenvalue weighted by atomic mass is 16.3. The minimum Gasteiger partial charge on any atom is -0.391 e. The molecule has 2 atom stereocenters. The highest BCUT2D eigenvalue weighted by Gasteiger charge is 2.40. The summed E-state index contributed by atoms with van der Waals surface area (Å²) in [6.07, 6.45) is 6.90. The van der Waals surface area contributed by atoms with Crippen LogP contribution >= 0.6 is 0 Å². The van der Waals surface area contributed by atoms with Gasteiger partial charge in [-0.3, -0.25) is 24.5 Å². The molecule has 0 radical (unpaired) electrons. The van der Waals surface area contributed by atoms with Crippen LogP contribution in [0.15, 0.2) is 42.7 Å². The fourth-order valence-corrected chi connectivity index (χ4v) is 5.12. The van der Waals surface area contributed by atoms with E-state index in [1.807, 2.05) is 43.5 Å². The molecule has 1 aliphatic heterocycles. The second-order valence-electron chi connectivity index (χ2n) is 9.10. The fourth-order valence-electron chi connectivity index (χ4n) is 5.12. The average molecular weight is 445 g/mol. The van der Waals surface area contributed by atoms with Crippen molar-refractivity contribution in [2.45, 2.75) is 58.1 Å². The van der Waals surface area contributed by atoms with E-state index in [-0.39, 0.29) is 24.5 Å². The van der Waals surface area contributed by atoms with Crippen molar-refractivity contribution >= 4 is 28.4 Å². The summed E-state index contributed by atoms with van der Waals surface area (Å²) in [6.45, 7) is 3.59. The normalized spacial score (nSPS) is 20.8. The first-order chi connectivity index (χ1) is 15.9. The number of benzene rings is 1. The van der Waals surface area contributed by atoms with Crippen LogP contribution in [0.5, 0.6) is 0 Å². The van der Waals surface area contributed by atoms with Crippen molar-refractivity contribution in [2.24, 2.45) is 0 Å². The molecule has 7 heteroatoms. The van der Waals surface area contributed by atoms with E-state index in [1.54, 1.807) is 16.0 Å². The molecule has 1 aliphatic carbocycles. The quantitative estimate of drug-likeness (QED) is 0.667. The van der Waals surface area contributed by atoms with Crippen LogP contribution in [0.3, 0.4) is 0 Å². The molecule has 0 bridgehead atoms. The Morgan fingerprint density at radius 3 is 2.73 bits per heavy atom. The third-order valence-electron chi connectivity index (χ3n) is 6.85. The molecular weight excluding hydrogens is 416 g/mol. The van der Waals surface area contributed by atoms with Crippen LogP contribution in [-0.4, -0.2) is 50.6 Å². The van der Waals surface area contributed by atoms with Crippen molar-refractivity contribution in [3.8, 4) is 0 Å². The Kier molecular flexibility index (Phi) is 5.58. The molecule has 0 unspecified atom stereocenters. The number of aromatic nitrogens is 2. The Morgan fingerprint density at radius 1 is 1.18 bits per heavy atom. The molecule has 3 aromatic rings. The first kappa shape index (κ1) is 21.5. The smallest absolute Gasteiger partial charge is 0.257 e. The van der Waals surface area contributed by atoms with Gasteiger partial charge in [0.15, 0.2) is 0 Å². The van der Waals surface area contributed by atoms with Crippen molar-refractivity contribution in [1.82, 2.24) is 14.9 Å². The van der Waals surface area contributed by atoms with Gasteiger partial charge in [-0.2, -0.15) is 0 Å². The van der Waals surface area contributed by atoms with Gasteiger partial charge in [-0.1, -0.05) is 25.0 Å². The summed E-state index contributed by atoms with van der Waals surface area (Å²) in [4.78, 5) is 38.8. The minimum absolute atomic E-state index is 0.135. The number of anilines is 1. The van der Waals surface area contributed by atoms with Crippen molar-refractivity contribution in [1.29, 1.82) is 0 Å². The number of aliphatic hydroxyl groups excluding tert-OH is 1. The number of fused-ring (bicyclic) bond motifs is 3. The van der Waals surface area contributed by atoms with E-state index < -0.39 is 6.10 Å². The molecule has 170 valence electrons. The Morgan fingerprint density at radius 2 is 2.00 bits per heavy atom. The van der Waals surface area contributed by atoms with Crippen LogP contribution in [0, 0.1) is 6.92 Å². The van der Waals surface area contributed by atoms with Crippen LogP contribution in [0.2, 0.25) is 0 Å². The average Bonchev–Trinajstić information content (AvgIpc) is 2.81. The standard InChI is InChI=1S/C26H28N4O3/c1-16-9-10-18(14-28-16)12-19-13-21-25(24-20(19)6-5-11-27-24)29(17(2)31)15-30(26(21)33)22-7-3-4-8-23(22)32/h5-6,9-11,13-14,22-23,32H,3-4,7-8,12,15H2,1-2H3/t22-,23-/m0/s1. The Bertz CT molecular complexity index is 1220. The maximum atomic E-state index is 13.8. The number of rotatable bonds is 3. The van der Waals surface area contributed by atoms with Gasteiger partial charge in [0.2, 0.25) is 5.91 Å². The zero-order valence-electron chi connectivity index (χ0n) is 19.0. The molecule has 1 saturated carbocycles. The molecular formula is C26H28N4O3. The van der Waals surface area contributed by atoms with Gasteiger partial charge in [-0.25, -0.2) is 0 Å². The van der Waals surface area contributed by atoms with Crippen molar-refractivity contribution in [2.75, 3.05) is 11.6 Å². The molecule has 2 aliphatic rings. The number of hydrogen-bond acceptors (Lipinski definition) is 5. The molecule has 7 nitrogen and oxygen atoms in total. The predicted molar refractivity (Wildman–Crippen MR) is 126 cm³/mol. The SMILES string of the molecule is CC(=O)N1CN([C@H]2CCCC[C@@H]2O)C(=O)c2cc(Cc3ccc(C)nc3)c3cccnc3c21. The molecule has 0 saturated heterocycles. The molecule has 5 rings (SSSR count). The Balaban J connectivity index is 1.66. The van der Waals surface area contributed by atoms with Crippen molar-refractivity contribution in [3.63, 3.8) is 0 Å². The van der Waals surface area contributed by atoms with E-state index in [0.29, 0.717) is 29.6 Å². The summed E-state index contributed by atoms with van der Waals surface area (Å²) in [6, 6.07) is 9.49. The monoisotopic (exact) mass is 444 g/mol. The van der Waals surface area contributed by atoms with Gasteiger partial charge in [-0.15, -0.1) is 0 Å². The number of aryl methyl sites for hydroxylation is 1. The number of aliphatic hydroxyl groups is 1. The molecule has 33 heavy (non-hydrogen) atoms. The Labute approximate surface area is 193 Å². The zero-order chi connectivity index (χ0) is 23.1.